The first-order chi connectivity index (χ1) is 12.8. The first kappa shape index (κ1) is 19.2. The lowest BCUT2D eigenvalue weighted by atomic mass is 10.1. The van der Waals surface area contributed by atoms with Crippen LogP contribution in [0.1, 0.15) is 19.3 Å². The van der Waals surface area contributed by atoms with E-state index < -0.39 is 21.7 Å². The van der Waals surface area contributed by atoms with E-state index in [0.717, 1.165) is 0 Å². The van der Waals surface area contributed by atoms with E-state index in [9.17, 15) is 22.8 Å². The van der Waals surface area contributed by atoms with Crippen molar-refractivity contribution >= 4 is 33.2 Å². The maximum Gasteiger partial charge on any atom is 0.265 e. The van der Waals surface area contributed by atoms with Gasteiger partial charge in [-0.1, -0.05) is 12.1 Å². The van der Waals surface area contributed by atoms with Crippen molar-refractivity contribution in [1.29, 1.82) is 0 Å². The molecule has 0 unspecified atom stereocenters. The molecule has 10 heteroatoms. The van der Waals surface area contributed by atoms with E-state index in [1.165, 1.54) is 4.90 Å². The molecule has 1 aromatic rings. The lowest BCUT2D eigenvalue weighted by Gasteiger charge is -2.29. The monoisotopic (exact) mass is 395 g/mol. The highest BCUT2D eigenvalue weighted by Gasteiger charge is 2.29. The van der Waals surface area contributed by atoms with Crippen molar-refractivity contribution in [1.82, 2.24) is 10.9 Å². The number of amides is 3. The molecule has 0 saturated carbocycles. The number of benzene rings is 1. The van der Waals surface area contributed by atoms with Gasteiger partial charge in [0, 0.05) is 19.4 Å². The Hall–Kier alpha value is -2.62. The second-order valence-corrected chi connectivity index (χ2v) is 8.85. The molecule has 3 rings (SSSR count). The third kappa shape index (κ3) is 4.97. The Morgan fingerprint density at radius 1 is 1.19 bits per heavy atom. The molecule has 2 heterocycles. The molecule has 2 aliphatic rings. The molecule has 0 aliphatic carbocycles. The Morgan fingerprint density at radius 2 is 1.93 bits per heavy atom. The number of hydrogen-bond acceptors (Lipinski definition) is 6. The van der Waals surface area contributed by atoms with Crippen LogP contribution < -0.4 is 20.5 Å². The van der Waals surface area contributed by atoms with Gasteiger partial charge in [-0.2, -0.15) is 0 Å². The number of carbonyl (C=O) groups excluding carboxylic acids is 3. The molecular formula is C17H21N3O6S. The molecule has 2 aliphatic heterocycles. The summed E-state index contributed by atoms with van der Waals surface area (Å²) in [5.74, 6) is -0.642. The highest BCUT2D eigenvalue weighted by atomic mass is 32.2. The zero-order valence-electron chi connectivity index (χ0n) is 14.6. The summed E-state index contributed by atoms with van der Waals surface area (Å²) in [6.07, 6.45) is 0.509. The van der Waals surface area contributed by atoms with Gasteiger partial charge in [-0.05, 0) is 24.5 Å². The number of carbonyl (C=O) groups is 3. The van der Waals surface area contributed by atoms with Crippen LogP contribution in [0, 0.1) is 5.92 Å². The summed E-state index contributed by atoms with van der Waals surface area (Å²) in [6, 6.07) is 7.06. The Balaban J connectivity index is 1.44. The van der Waals surface area contributed by atoms with Gasteiger partial charge in [-0.25, -0.2) is 8.42 Å². The van der Waals surface area contributed by atoms with Crippen LogP contribution in [0.3, 0.4) is 0 Å². The predicted octanol–water partition coefficient (Wildman–Crippen LogP) is -0.226. The van der Waals surface area contributed by atoms with Crippen LogP contribution in [0.5, 0.6) is 5.75 Å². The van der Waals surface area contributed by atoms with Crippen LogP contribution in [0.4, 0.5) is 5.69 Å². The minimum atomic E-state index is -3.04. The number of nitrogens with zero attached hydrogens (tertiary/aromatic N) is 1. The fourth-order valence-electron chi connectivity index (χ4n) is 3.16. The first-order valence-corrected chi connectivity index (χ1v) is 10.5. The van der Waals surface area contributed by atoms with E-state index in [1.807, 2.05) is 0 Å². The van der Waals surface area contributed by atoms with Crippen molar-refractivity contribution in [3.63, 3.8) is 0 Å². The smallest absolute Gasteiger partial charge is 0.265 e. The Bertz CT molecular complexity index is 854. The number of anilines is 1. The number of ether oxygens (including phenoxy) is 1. The summed E-state index contributed by atoms with van der Waals surface area (Å²) < 4.78 is 28.1. The molecule has 2 N–H and O–H groups in total. The van der Waals surface area contributed by atoms with Crippen LogP contribution in [-0.4, -0.2) is 50.8 Å². The van der Waals surface area contributed by atoms with Crippen molar-refractivity contribution in [3.8, 4) is 5.75 Å². The highest BCUT2D eigenvalue weighted by molar-refractivity contribution is 7.91. The normalized spacial score (nSPS) is 20.5. The Morgan fingerprint density at radius 3 is 2.67 bits per heavy atom. The molecule has 3 amide bonds. The van der Waals surface area contributed by atoms with Crippen molar-refractivity contribution < 1.29 is 27.5 Å². The maximum atomic E-state index is 12.0. The summed E-state index contributed by atoms with van der Waals surface area (Å²) in [7, 11) is -3.04. The molecule has 146 valence electrons. The van der Waals surface area contributed by atoms with Gasteiger partial charge in [-0.3, -0.25) is 25.2 Å². The molecule has 0 spiro atoms. The van der Waals surface area contributed by atoms with E-state index in [1.54, 1.807) is 24.3 Å². The zero-order valence-corrected chi connectivity index (χ0v) is 15.5. The summed E-state index contributed by atoms with van der Waals surface area (Å²) in [6.45, 7) is 0.0709. The number of hydrogen-bond donors (Lipinski definition) is 2. The quantitative estimate of drug-likeness (QED) is 0.665. The van der Waals surface area contributed by atoms with Crippen molar-refractivity contribution in [3.05, 3.63) is 24.3 Å². The molecule has 0 bridgehead atoms. The Kier molecular flexibility index (Phi) is 5.64. The van der Waals surface area contributed by atoms with Crippen LogP contribution in [0.15, 0.2) is 24.3 Å². The summed E-state index contributed by atoms with van der Waals surface area (Å²) in [5.41, 5.74) is 5.20. The zero-order chi connectivity index (χ0) is 19.4. The van der Waals surface area contributed by atoms with Gasteiger partial charge in [0.15, 0.2) is 16.4 Å². The highest BCUT2D eigenvalue weighted by Crippen LogP contribution is 2.31. The van der Waals surface area contributed by atoms with Gasteiger partial charge in [0.25, 0.3) is 5.91 Å². The number of sulfone groups is 1. The molecular weight excluding hydrogens is 374 g/mol. The van der Waals surface area contributed by atoms with E-state index in [4.69, 9.17) is 4.74 Å². The fourth-order valence-corrected chi connectivity index (χ4v) is 5.02. The van der Waals surface area contributed by atoms with Crippen LogP contribution in [0.25, 0.3) is 0 Å². The average Bonchev–Trinajstić information content (AvgIpc) is 2.97. The third-order valence-corrected chi connectivity index (χ3v) is 6.35. The maximum absolute atomic E-state index is 12.0. The molecule has 0 radical (unpaired) electrons. The van der Waals surface area contributed by atoms with E-state index in [-0.39, 0.29) is 49.3 Å². The van der Waals surface area contributed by atoms with Gasteiger partial charge in [-0.15, -0.1) is 0 Å². The number of para-hydroxylation sites is 2. The molecule has 9 nitrogen and oxygen atoms in total. The lowest BCUT2D eigenvalue weighted by Crippen LogP contribution is -2.45. The summed E-state index contributed by atoms with van der Waals surface area (Å²) in [5, 5.41) is 0. The molecule has 1 saturated heterocycles. The second kappa shape index (κ2) is 7.95. The largest absolute Gasteiger partial charge is 0.482 e. The molecule has 27 heavy (non-hydrogen) atoms. The minimum Gasteiger partial charge on any atom is -0.482 e. The van der Waals surface area contributed by atoms with Gasteiger partial charge >= 0.3 is 0 Å². The molecule has 1 atom stereocenters. The van der Waals surface area contributed by atoms with Crippen molar-refractivity contribution in [2.45, 2.75) is 19.3 Å². The number of rotatable bonds is 5. The standard InChI is InChI=1S/C17H21N3O6S/c21-15(18-19-16(22)9-12-6-8-27(24,25)11-12)5-7-20-13-3-1-2-4-14(13)26-10-17(20)23/h1-4,12H,5-11H2,(H,18,21)(H,19,22)/t12-/m1/s1. The number of fused-ring (bicyclic) bond motifs is 1. The number of hydrazine groups is 1. The summed E-state index contributed by atoms with van der Waals surface area (Å²) in [4.78, 5) is 37.3. The topological polar surface area (TPSA) is 122 Å². The van der Waals surface area contributed by atoms with E-state index in [2.05, 4.69) is 10.9 Å². The third-order valence-electron chi connectivity index (χ3n) is 4.51. The van der Waals surface area contributed by atoms with Gasteiger partial charge in [0.1, 0.15) is 5.75 Å². The van der Waals surface area contributed by atoms with Crippen molar-refractivity contribution in [2.24, 2.45) is 5.92 Å². The molecule has 0 aromatic heterocycles. The lowest BCUT2D eigenvalue weighted by molar-refractivity contribution is -0.129. The first-order valence-electron chi connectivity index (χ1n) is 8.64. The van der Waals surface area contributed by atoms with Gasteiger partial charge in [0.2, 0.25) is 11.8 Å². The van der Waals surface area contributed by atoms with Crippen LogP contribution in [0.2, 0.25) is 0 Å². The minimum absolute atomic E-state index is 0.00182. The second-order valence-electron chi connectivity index (χ2n) is 6.62. The fraction of sp³-hybridized carbons (Fsp3) is 0.471. The van der Waals surface area contributed by atoms with Crippen LogP contribution in [-0.2, 0) is 24.2 Å². The average molecular weight is 395 g/mol. The SMILES string of the molecule is O=C(CCN1C(=O)COc2ccccc21)NNC(=O)C[C@H]1CCS(=O)(=O)C1. The predicted molar refractivity (Wildman–Crippen MR) is 96.6 cm³/mol. The van der Waals surface area contributed by atoms with Crippen molar-refractivity contribution in [2.75, 3.05) is 29.6 Å². The molecule has 1 aromatic carbocycles. The van der Waals surface area contributed by atoms with E-state index >= 15 is 0 Å². The van der Waals surface area contributed by atoms with Crippen LogP contribution >= 0.6 is 0 Å². The summed E-state index contributed by atoms with van der Waals surface area (Å²) >= 11 is 0. The van der Waals surface area contributed by atoms with Gasteiger partial charge in [0.05, 0.1) is 17.2 Å². The molecule has 1 fully saturated rings. The number of nitrogens with one attached hydrogen (secondary N) is 2. The van der Waals surface area contributed by atoms with E-state index in [0.29, 0.717) is 17.9 Å². The van der Waals surface area contributed by atoms with Gasteiger partial charge < -0.3 is 9.64 Å². The Labute approximate surface area is 156 Å².